The quantitative estimate of drug-likeness (QED) is 0.657. The minimum absolute atomic E-state index is 0.0532. The lowest BCUT2D eigenvalue weighted by atomic mass is 10.2. The summed E-state index contributed by atoms with van der Waals surface area (Å²) in [7, 11) is 1.30. The lowest BCUT2D eigenvalue weighted by molar-refractivity contribution is 0.371. The Morgan fingerprint density at radius 1 is 1.15 bits per heavy atom. The predicted octanol–water partition coefficient (Wildman–Crippen LogP) is 3.31. The number of ether oxygens (including phenoxy) is 1. The van der Waals surface area contributed by atoms with Gasteiger partial charge >= 0.3 is 0 Å². The molecule has 0 radical (unpaired) electrons. The van der Waals surface area contributed by atoms with Crippen LogP contribution in [0.15, 0.2) is 12.1 Å². The second-order valence-corrected chi connectivity index (χ2v) is 2.26. The van der Waals surface area contributed by atoms with Crippen LogP contribution in [0.3, 0.4) is 0 Å². The first-order valence-corrected chi connectivity index (χ1v) is 4.15. The summed E-state index contributed by atoms with van der Waals surface area (Å²) in [6.07, 6.45) is 0. The smallest absolute Gasteiger partial charge is 0.200 e. The van der Waals surface area contributed by atoms with Crippen LogP contribution < -0.4 is 4.74 Å². The lowest BCUT2D eigenvalue weighted by Crippen LogP contribution is -1.92. The number of methoxy groups -OCH3 is 1. The molecule has 0 aliphatic rings. The molecule has 74 valence electrons. The van der Waals surface area contributed by atoms with Crippen molar-refractivity contribution < 1.29 is 13.5 Å². The average molecular weight is 188 g/mol. The van der Waals surface area contributed by atoms with E-state index in [2.05, 4.69) is 4.74 Å². The Morgan fingerprint density at radius 3 is 2.15 bits per heavy atom. The SMILES string of the molecule is CC.COc1cc(C)cc(F)c1F. The van der Waals surface area contributed by atoms with E-state index in [1.807, 2.05) is 13.8 Å². The van der Waals surface area contributed by atoms with Gasteiger partial charge in [0.2, 0.25) is 5.82 Å². The molecule has 1 rings (SSSR count). The number of hydrogen-bond donors (Lipinski definition) is 0. The van der Waals surface area contributed by atoms with E-state index in [1.165, 1.54) is 13.2 Å². The molecule has 0 amide bonds. The topological polar surface area (TPSA) is 9.23 Å². The van der Waals surface area contributed by atoms with Crippen molar-refractivity contribution in [2.45, 2.75) is 20.8 Å². The van der Waals surface area contributed by atoms with Gasteiger partial charge in [0.1, 0.15) is 0 Å². The van der Waals surface area contributed by atoms with Crippen LogP contribution >= 0.6 is 0 Å². The first-order valence-electron chi connectivity index (χ1n) is 4.15. The summed E-state index contributed by atoms with van der Waals surface area (Å²) >= 11 is 0. The Morgan fingerprint density at radius 2 is 1.69 bits per heavy atom. The van der Waals surface area contributed by atoms with E-state index >= 15 is 0 Å². The van der Waals surface area contributed by atoms with Crippen molar-refractivity contribution in [1.29, 1.82) is 0 Å². The Balaban J connectivity index is 0.000000671. The van der Waals surface area contributed by atoms with Crippen LogP contribution in [-0.4, -0.2) is 7.11 Å². The van der Waals surface area contributed by atoms with E-state index in [0.717, 1.165) is 6.07 Å². The van der Waals surface area contributed by atoms with Crippen LogP contribution in [0, 0.1) is 18.6 Å². The van der Waals surface area contributed by atoms with Crippen molar-refractivity contribution in [2.24, 2.45) is 0 Å². The summed E-state index contributed by atoms with van der Waals surface area (Å²) in [6, 6.07) is 2.57. The minimum Gasteiger partial charge on any atom is -0.494 e. The monoisotopic (exact) mass is 188 g/mol. The Labute approximate surface area is 77.3 Å². The van der Waals surface area contributed by atoms with Crippen LogP contribution in [0.1, 0.15) is 19.4 Å². The molecule has 0 aromatic heterocycles. The molecule has 0 heterocycles. The molecule has 0 spiro atoms. The zero-order chi connectivity index (χ0) is 10.4. The van der Waals surface area contributed by atoms with Crippen LogP contribution in [0.5, 0.6) is 5.75 Å². The summed E-state index contributed by atoms with van der Waals surface area (Å²) in [5.41, 5.74) is 0.640. The van der Waals surface area contributed by atoms with Gasteiger partial charge in [-0.3, -0.25) is 0 Å². The molecule has 1 aromatic rings. The maximum absolute atomic E-state index is 12.7. The van der Waals surface area contributed by atoms with Crippen LogP contribution in [-0.2, 0) is 0 Å². The number of rotatable bonds is 1. The normalized spacial score (nSPS) is 8.77. The Kier molecular flexibility index (Phi) is 5.04. The summed E-state index contributed by atoms with van der Waals surface area (Å²) in [5, 5.41) is 0. The maximum Gasteiger partial charge on any atom is 0.200 e. The van der Waals surface area contributed by atoms with Gasteiger partial charge in [-0.05, 0) is 24.6 Å². The highest BCUT2D eigenvalue weighted by atomic mass is 19.2. The number of hydrogen-bond acceptors (Lipinski definition) is 1. The summed E-state index contributed by atoms with van der Waals surface area (Å²) in [5.74, 6) is -1.86. The fourth-order valence-corrected chi connectivity index (χ4v) is 0.841. The standard InChI is InChI=1S/C8H8F2O.C2H6/c1-5-3-6(9)8(10)7(4-5)11-2;1-2/h3-4H,1-2H3;1-2H3. The summed E-state index contributed by atoms with van der Waals surface area (Å²) in [6.45, 7) is 5.67. The molecule has 0 unspecified atom stereocenters. The first-order chi connectivity index (χ1) is 6.15. The Bertz CT molecular complexity index is 272. The van der Waals surface area contributed by atoms with Crippen LogP contribution in [0.4, 0.5) is 8.78 Å². The minimum atomic E-state index is -0.932. The fraction of sp³-hybridized carbons (Fsp3) is 0.400. The third-order valence-electron chi connectivity index (χ3n) is 1.36. The van der Waals surface area contributed by atoms with Gasteiger partial charge in [0.15, 0.2) is 11.6 Å². The molecule has 0 N–H and O–H groups in total. The van der Waals surface area contributed by atoms with E-state index < -0.39 is 11.6 Å². The number of benzene rings is 1. The molecule has 0 aliphatic heterocycles. The van der Waals surface area contributed by atoms with E-state index in [9.17, 15) is 8.78 Å². The lowest BCUT2D eigenvalue weighted by Gasteiger charge is -2.02. The molecule has 0 saturated heterocycles. The average Bonchev–Trinajstić information content (AvgIpc) is 2.14. The molecule has 1 aromatic carbocycles. The van der Waals surface area contributed by atoms with Gasteiger partial charge in [0.25, 0.3) is 0 Å². The first kappa shape index (κ1) is 11.9. The molecule has 0 fully saturated rings. The molecule has 3 heteroatoms. The second-order valence-electron chi connectivity index (χ2n) is 2.26. The molecular formula is C10H14F2O. The van der Waals surface area contributed by atoms with Gasteiger partial charge in [-0.25, -0.2) is 4.39 Å². The highest BCUT2D eigenvalue weighted by Gasteiger charge is 2.08. The predicted molar refractivity (Wildman–Crippen MR) is 49.0 cm³/mol. The summed E-state index contributed by atoms with van der Waals surface area (Å²) in [4.78, 5) is 0. The zero-order valence-electron chi connectivity index (χ0n) is 8.32. The molecule has 13 heavy (non-hydrogen) atoms. The highest BCUT2D eigenvalue weighted by molar-refractivity contribution is 5.30. The Hall–Kier alpha value is -1.12. The third kappa shape index (κ3) is 3.01. The van der Waals surface area contributed by atoms with Crippen LogP contribution in [0.25, 0.3) is 0 Å². The zero-order valence-corrected chi connectivity index (χ0v) is 8.32. The molecule has 1 nitrogen and oxygen atoms in total. The maximum atomic E-state index is 12.7. The second kappa shape index (κ2) is 5.51. The van der Waals surface area contributed by atoms with Gasteiger partial charge in [0, 0.05) is 0 Å². The van der Waals surface area contributed by atoms with Gasteiger partial charge in [-0.1, -0.05) is 13.8 Å². The fourth-order valence-electron chi connectivity index (χ4n) is 0.841. The van der Waals surface area contributed by atoms with Gasteiger partial charge < -0.3 is 4.74 Å². The van der Waals surface area contributed by atoms with Crippen molar-refractivity contribution in [1.82, 2.24) is 0 Å². The van der Waals surface area contributed by atoms with E-state index in [0.29, 0.717) is 5.56 Å². The van der Waals surface area contributed by atoms with Crippen molar-refractivity contribution in [3.63, 3.8) is 0 Å². The van der Waals surface area contributed by atoms with E-state index in [-0.39, 0.29) is 5.75 Å². The van der Waals surface area contributed by atoms with Crippen molar-refractivity contribution in [3.05, 3.63) is 29.3 Å². The molecule has 0 atom stereocenters. The van der Waals surface area contributed by atoms with E-state index in [4.69, 9.17) is 0 Å². The third-order valence-corrected chi connectivity index (χ3v) is 1.36. The van der Waals surface area contributed by atoms with Crippen molar-refractivity contribution in [3.8, 4) is 5.75 Å². The van der Waals surface area contributed by atoms with E-state index in [1.54, 1.807) is 6.92 Å². The van der Waals surface area contributed by atoms with Gasteiger partial charge in [0.05, 0.1) is 7.11 Å². The molecule has 0 aliphatic carbocycles. The van der Waals surface area contributed by atoms with Crippen LogP contribution in [0.2, 0.25) is 0 Å². The van der Waals surface area contributed by atoms with Gasteiger partial charge in [-0.2, -0.15) is 4.39 Å². The van der Waals surface area contributed by atoms with Crippen molar-refractivity contribution >= 4 is 0 Å². The van der Waals surface area contributed by atoms with Crippen molar-refractivity contribution in [2.75, 3.05) is 7.11 Å². The highest BCUT2D eigenvalue weighted by Crippen LogP contribution is 2.20. The number of aryl methyl sites for hydroxylation is 1. The molecular weight excluding hydrogens is 174 g/mol. The largest absolute Gasteiger partial charge is 0.494 e. The molecule has 0 saturated carbocycles. The summed E-state index contributed by atoms with van der Waals surface area (Å²) < 4.78 is 29.8. The number of halogens is 2. The van der Waals surface area contributed by atoms with Gasteiger partial charge in [-0.15, -0.1) is 0 Å². The molecule has 0 bridgehead atoms.